The monoisotopic (exact) mass is 342 g/mol. The second-order valence-electron chi connectivity index (χ2n) is 7.38. The molecule has 1 aromatic carbocycles. The summed E-state index contributed by atoms with van der Waals surface area (Å²) in [7, 11) is 0. The molecule has 1 aliphatic heterocycles. The van der Waals surface area contributed by atoms with Crippen LogP contribution in [0.1, 0.15) is 39.5 Å². The van der Waals surface area contributed by atoms with Gasteiger partial charge >= 0.3 is 6.09 Å². The Labute approximate surface area is 151 Å². The van der Waals surface area contributed by atoms with E-state index in [1.165, 1.54) is 5.69 Å². The van der Waals surface area contributed by atoms with E-state index in [1.54, 1.807) is 0 Å². The Kier molecular flexibility index (Phi) is 5.67. The highest BCUT2D eigenvalue weighted by Gasteiger charge is 2.55. The van der Waals surface area contributed by atoms with Crippen molar-refractivity contribution in [1.29, 1.82) is 0 Å². The molecule has 1 amide bonds. The molecule has 4 heteroatoms. The molecule has 1 aliphatic carbocycles. The minimum atomic E-state index is -0.254. The van der Waals surface area contributed by atoms with E-state index in [-0.39, 0.29) is 6.09 Å². The van der Waals surface area contributed by atoms with Crippen LogP contribution < -0.4 is 10.2 Å². The van der Waals surface area contributed by atoms with Crippen molar-refractivity contribution < 1.29 is 9.53 Å². The van der Waals surface area contributed by atoms with E-state index in [9.17, 15) is 4.79 Å². The number of hydrogen-bond donors (Lipinski definition) is 1. The van der Waals surface area contributed by atoms with Gasteiger partial charge in [-0.1, -0.05) is 37.3 Å². The molecule has 1 saturated carbocycles. The molecule has 0 bridgehead atoms. The van der Waals surface area contributed by atoms with Gasteiger partial charge in [-0.25, -0.2) is 4.79 Å². The molecule has 4 nitrogen and oxygen atoms in total. The van der Waals surface area contributed by atoms with Crippen molar-refractivity contribution in [1.82, 2.24) is 5.32 Å². The Morgan fingerprint density at radius 3 is 2.72 bits per heavy atom. The van der Waals surface area contributed by atoms with E-state index in [0.29, 0.717) is 24.0 Å². The molecule has 1 spiro atoms. The number of ether oxygens (including phenoxy) is 1. The van der Waals surface area contributed by atoms with Gasteiger partial charge in [0.1, 0.15) is 0 Å². The highest BCUT2D eigenvalue weighted by atomic mass is 16.5. The van der Waals surface area contributed by atoms with Crippen molar-refractivity contribution in [2.45, 2.75) is 45.6 Å². The smallest absolute Gasteiger partial charge is 0.407 e. The first-order chi connectivity index (χ1) is 12.2. The normalized spacial score (nSPS) is 22.8. The summed E-state index contributed by atoms with van der Waals surface area (Å²) in [5, 5.41) is 3.09. The maximum absolute atomic E-state index is 12.1. The van der Waals surface area contributed by atoms with Gasteiger partial charge in [-0.2, -0.15) is 0 Å². The second kappa shape index (κ2) is 7.94. The van der Waals surface area contributed by atoms with Gasteiger partial charge in [0.25, 0.3) is 0 Å². The molecule has 2 atom stereocenters. The Balaban J connectivity index is 1.42. The summed E-state index contributed by atoms with van der Waals surface area (Å²) in [5.41, 5.74) is 1.61. The number of anilines is 1. The maximum atomic E-state index is 12.1. The van der Waals surface area contributed by atoms with E-state index >= 15 is 0 Å². The number of hydrogen-bond acceptors (Lipinski definition) is 3. The summed E-state index contributed by atoms with van der Waals surface area (Å²) < 4.78 is 5.41. The number of para-hydroxylation sites is 1. The van der Waals surface area contributed by atoms with Gasteiger partial charge in [0.05, 0.1) is 6.61 Å². The summed E-state index contributed by atoms with van der Waals surface area (Å²) in [6, 6.07) is 10.9. The lowest BCUT2D eigenvalue weighted by Gasteiger charge is -2.34. The van der Waals surface area contributed by atoms with Gasteiger partial charge in [-0.05, 0) is 50.2 Å². The second-order valence-corrected chi connectivity index (χ2v) is 7.38. The topological polar surface area (TPSA) is 41.6 Å². The third-order valence-electron chi connectivity index (χ3n) is 5.78. The van der Waals surface area contributed by atoms with Crippen molar-refractivity contribution in [3.05, 3.63) is 42.5 Å². The van der Waals surface area contributed by atoms with Crippen LogP contribution in [-0.4, -0.2) is 31.8 Å². The van der Waals surface area contributed by atoms with E-state index in [1.807, 2.05) is 13.0 Å². The Morgan fingerprint density at radius 1 is 1.36 bits per heavy atom. The van der Waals surface area contributed by atoms with Crippen molar-refractivity contribution >= 4 is 11.8 Å². The van der Waals surface area contributed by atoms with Gasteiger partial charge in [-0.3, -0.25) is 0 Å². The molecule has 0 radical (unpaired) electrons. The molecule has 2 fully saturated rings. The number of amides is 1. The Hall–Kier alpha value is -1.97. The van der Waals surface area contributed by atoms with Gasteiger partial charge in [-0.15, -0.1) is 0 Å². The number of allylic oxidation sites excluding steroid dienone is 1. The molecule has 136 valence electrons. The zero-order valence-corrected chi connectivity index (χ0v) is 15.4. The number of rotatable bonds is 6. The number of alkyl carbamates (subject to hydrolysis) is 1. The first kappa shape index (κ1) is 17.8. The van der Waals surface area contributed by atoms with Crippen LogP contribution in [0.15, 0.2) is 42.5 Å². The predicted molar refractivity (Wildman–Crippen MR) is 102 cm³/mol. The molecule has 1 heterocycles. The van der Waals surface area contributed by atoms with E-state index < -0.39 is 0 Å². The molecule has 1 aromatic rings. The highest BCUT2D eigenvalue weighted by molar-refractivity contribution is 5.68. The van der Waals surface area contributed by atoms with Crippen LogP contribution in [0.25, 0.3) is 0 Å². The quantitative estimate of drug-likeness (QED) is 0.780. The van der Waals surface area contributed by atoms with Crippen molar-refractivity contribution in [3.63, 3.8) is 0 Å². The fourth-order valence-electron chi connectivity index (χ4n) is 3.90. The van der Waals surface area contributed by atoms with Crippen LogP contribution in [-0.2, 0) is 4.74 Å². The van der Waals surface area contributed by atoms with Crippen molar-refractivity contribution in [2.75, 3.05) is 24.6 Å². The zero-order valence-electron chi connectivity index (χ0n) is 15.4. The summed E-state index contributed by atoms with van der Waals surface area (Å²) in [4.78, 5) is 14.5. The van der Waals surface area contributed by atoms with Gasteiger partial charge < -0.3 is 15.0 Å². The first-order valence-corrected chi connectivity index (χ1v) is 9.53. The van der Waals surface area contributed by atoms with Crippen molar-refractivity contribution in [2.24, 2.45) is 11.3 Å². The third-order valence-corrected chi connectivity index (χ3v) is 5.78. The molecule has 3 rings (SSSR count). The number of nitrogens with zero attached hydrogens (tertiary/aromatic N) is 1. The summed E-state index contributed by atoms with van der Waals surface area (Å²) >= 11 is 0. The lowest BCUT2D eigenvalue weighted by molar-refractivity contribution is 0.131. The summed E-state index contributed by atoms with van der Waals surface area (Å²) in [5.74, 6) is 0.318. The number of piperidine rings is 1. The largest absolute Gasteiger partial charge is 0.449 e. The third kappa shape index (κ3) is 4.36. The van der Waals surface area contributed by atoms with Crippen LogP contribution >= 0.6 is 0 Å². The number of nitrogens with one attached hydrogen (secondary N) is 1. The van der Waals surface area contributed by atoms with E-state index in [0.717, 1.165) is 38.8 Å². The molecule has 2 aliphatic rings. The van der Waals surface area contributed by atoms with Crippen molar-refractivity contribution in [3.8, 4) is 0 Å². The van der Waals surface area contributed by atoms with Crippen LogP contribution in [0.4, 0.5) is 10.5 Å². The minimum Gasteiger partial charge on any atom is -0.449 e. The van der Waals surface area contributed by atoms with E-state index in [2.05, 4.69) is 53.5 Å². The van der Waals surface area contributed by atoms with Crippen LogP contribution in [0.3, 0.4) is 0 Å². The fraction of sp³-hybridized carbons (Fsp3) is 0.571. The Morgan fingerprint density at radius 2 is 2.08 bits per heavy atom. The standard InChI is InChI=1S/C21H30N2O2/c1-3-8-17(4-2)16-25-20(24)22-19-15-21(19)11-13-23(14-12-21)18-9-6-5-7-10-18/h3,5-10,17,19H,4,11-16H2,1-2H3,(H,22,24). The van der Waals surface area contributed by atoms with Gasteiger partial charge in [0, 0.05) is 30.7 Å². The fourth-order valence-corrected chi connectivity index (χ4v) is 3.90. The van der Waals surface area contributed by atoms with E-state index in [4.69, 9.17) is 4.74 Å². The molecule has 1 saturated heterocycles. The maximum Gasteiger partial charge on any atom is 0.407 e. The summed E-state index contributed by atoms with van der Waals surface area (Å²) in [6.07, 6.45) is 8.23. The lowest BCUT2D eigenvalue weighted by Crippen LogP contribution is -2.39. The average Bonchev–Trinajstić information content (AvgIpc) is 3.30. The molecular formula is C21H30N2O2. The molecule has 2 unspecified atom stereocenters. The lowest BCUT2D eigenvalue weighted by atomic mass is 9.92. The van der Waals surface area contributed by atoms with Gasteiger partial charge in [0.15, 0.2) is 0 Å². The summed E-state index contributed by atoms with van der Waals surface area (Å²) in [6.45, 7) is 6.71. The predicted octanol–water partition coefficient (Wildman–Crippen LogP) is 4.37. The highest BCUT2D eigenvalue weighted by Crippen LogP contribution is 2.54. The van der Waals surface area contributed by atoms with Crippen LogP contribution in [0.2, 0.25) is 0 Å². The number of benzene rings is 1. The molecular weight excluding hydrogens is 312 g/mol. The molecule has 0 aromatic heterocycles. The van der Waals surface area contributed by atoms with Crippen LogP contribution in [0, 0.1) is 11.3 Å². The SMILES string of the molecule is CC=CC(CC)COC(=O)NC1CC12CCN(c1ccccc1)CC2. The average molecular weight is 342 g/mol. The zero-order chi connectivity index (χ0) is 17.7. The van der Waals surface area contributed by atoms with Gasteiger partial charge in [0.2, 0.25) is 0 Å². The number of carbonyl (C=O) groups excluding carboxylic acids is 1. The molecule has 1 N–H and O–H groups in total. The van der Waals surface area contributed by atoms with Crippen LogP contribution in [0.5, 0.6) is 0 Å². The number of carbonyl (C=O) groups is 1. The molecule has 25 heavy (non-hydrogen) atoms. The Bertz CT molecular complexity index is 591. The minimum absolute atomic E-state index is 0.254. The first-order valence-electron chi connectivity index (χ1n) is 9.53.